The van der Waals surface area contributed by atoms with Crippen molar-refractivity contribution in [3.8, 4) is 11.6 Å². The van der Waals surface area contributed by atoms with E-state index in [1.165, 1.54) is 11.1 Å². The van der Waals surface area contributed by atoms with Crippen molar-refractivity contribution >= 4 is 22.7 Å². The van der Waals surface area contributed by atoms with E-state index in [0.717, 1.165) is 47.5 Å². The fourth-order valence-electron chi connectivity index (χ4n) is 4.79. The van der Waals surface area contributed by atoms with E-state index in [0.29, 0.717) is 18.4 Å². The summed E-state index contributed by atoms with van der Waals surface area (Å²) in [5, 5.41) is 12.9. The Morgan fingerprint density at radius 3 is 2.50 bits per heavy atom. The van der Waals surface area contributed by atoms with Gasteiger partial charge in [-0.25, -0.2) is 9.97 Å². The number of hydrogen-bond donors (Lipinski definition) is 3. The first kappa shape index (κ1) is 27.4. The Bertz CT molecular complexity index is 1540. The van der Waals surface area contributed by atoms with Crippen LogP contribution in [-0.4, -0.2) is 44.7 Å². The van der Waals surface area contributed by atoms with Gasteiger partial charge in [-0.3, -0.25) is 4.90 Å². The molecule has 5 rings (SSSR count). The highest BCUT2D eigenvalue weighted by Gasteiger charge is 2.20. The van der Waals surface area contributed by atoms with Gasteiger partial charge in [-0.1, -0.05) is 75.4 Å². The Kier molecular flexibility index (Phi) is 8.43. The van der Waals surface area contributed by atoms with Gasteiger partial charge in [0.25, 0.3) is 0 Å². The van der Waals surface area contributed by atoms with E-state index in [2.05, 4.69) is 83.4 Å². The number of pyridine rings is 1. The Morgan fingerprint density at radius 1 is 0.900 bits per heavy atom. The average Bonchev–Trinajstić information content (AvgIpc) is 3.35. The second-order valence-corrected chi connectivity index (χ2v) is 11.0. The molecule has 2 aromatic heterocycles. The smallest absolute Gasteiger partial charge is 0.243 e. The maximum Gasteiger partial charge on any atom is 0.243 e. The third-order valence-electron chi connectivity index (χ3n) is 6.85. The quantitative estimate of drug-likeness (QED) is 0.172. The van der Waals surface area contributed by atoms with Crippen molar-refractivity contribution in [3.63, 3.8) is 0 Å². The normalized spacial score (nSPS) is 11.7. The van der Waals surface area contributed by atoms with Crippen LogP contribution in [0.1, 0.15) is 37.5 Å². The molecule has 7 nitrogen and oxygen atoms in total. The van der Waals surface area contributed by atoms with Crippen LogP contribution in [0, 0.1) is 0 Å². The maximum atomic E-state index is 9.55. The number of nitrogens with zero attached hydrogens (tertiary/aromatic N) is 3. The molecular formula is C33H37N5O2. The molecule has 0 bridgehead atoms. The molecule has 0 spiro atoms. The number of aromatic nitrogens is 3. The number of ether oxygens (including phenoxy) is 1. The second kappa shape index (κ2) is 12.3. The average molecular weight is 536 g/mol. The van der Waals surface area contributed by atoms with E-state index in [4.69, 9.17) is 9.72 Å². The highest BCUT2D eigenvalue weighted by Crippen LogP contribution is 2.36. The number of para-hydroxylation sites is 1. The zero-order valence-corrected chi connectivity index (χ0v) is 23.4. The monoisotopic (exact) mass is 535 g/mol. The van der Waals surface area contributed by atoms with E-state index in [-0.39, 0.29) is 12.0 Å². The van der Waals surface area contributed by atoms with Gasteiger partial charge in [0.05, 0.1) is 17.6 Å². The number of rotatable bonds is 11. The van der Waals surface area contributed by atoms with Crippen molar-refractivity contribution in [1.82, 2.24) is 19.9 Å². The van der Waals surface area contributed by atoms with Crippen LogP contribution in [-0.2, 0) is 18.4 Å². The Labute approximate surface area is 235 Å². The summed E-state index contributed by atoms with van der Waals surface area (Å²) < 4.78 is 6.31. The first-order chi connectivity index (χ1) is 19.4. The summed E-state index contributed by atoms with van der Waals surface area (Å²) in [6.07, 6.45) is 2.60. The van der Waals surface area contributed by atoms with E-state index < -0.39 is 0 Å². The minimum atomic E-state index is -0.0634. The standard InChI is InChI=1S/C33H37N5O2/c1-33(2,3)26-12-7-8-14-30(26)40-31-28(13-9-18-34-31)36-32-35-27-16-15-24(22-29(27)37-32)17-19-38(20-21-39)23-25-10-5-4-6-11-25/h4-16,18,22,39H,17,19-21,23H2,1-3H3,(H2,35,36,37). The van der Waals surface area contributed by atoms with Gasteiger partial charge in [-0.2, -0.15) is 0 Å². The third-order valence-corrected chi connectivity index (χ3v) is 6.85. The topological polar surface area (TPSA) is 86.3 Å². The maximum absolute atomic E-state index is 9.55. The molecule has 0 aliphatic rings. The van der Waals surface area contributed by atoms with E-state index in [9.17, 15) is 5.11 Å². The number of hydrogen-bond acceptors (Lipinski definition) is 6. The number of aliphatic hydroxyl groups is 1. The SMILES string of the molecule is CC(C)(C)c1ccccc1Oc1ncccc1Nc1nc2ccc(CCN(CCO)Cc3ccccc3)cc2[nH]1. The van der Waals surface area contributed by atoms with Gasteiger partial charge in [-0.05, 0) is 53.3 Å². The first-order valence-corrected chi connectivity index (χ1v) is 13.7. The van der Waals surface area contributed by atoms with E-state index >= 15 is 0 Å². The summed E-state index contributed by atoms with van der Waals surface area (Å²) in [6.45, 7) is 8.97. The highest BCUT2D eigenvalue weighted by atomic mass is 16.5. The number of H-pyrrole nitrogens is 1. The molecule has 0 unspecified atom stereocenters. The first-order valence-electron chi connectivity index (χ1n) is 13.7. The predicted molar refractivity (Wildman–Crippen MR) is 161 cm³/mol. The van der Waals surface area contributed by atoms with E-state index in [1.807, 2.05) is 42.5 Å². The molecule has 0 aliphatic carbocycles. The molecule has 0 amide bonds. The molecule has 40 heavy (non-hydrogen) atoms. The van der Waals surface area contributed by atoms with Gasteiger partial charge < -0.3 is 20.1 Å². The van der Waals surface area contributed by atoms with Crippen molar-refractivity contribution in [3.05, 3.63) is 108 Å². The van der Waals surface area contributed by atoms with Gasteiger partial charge in [0, 0.05) is 31.4 Å². The summed E-state index contributed by atoms with van der Waals surface area (Å²) in [5.74, 6) is 1.90. The molecule has 206 valence electrons. The van der Waals surface area contributed by atoms with Crippen LogP contribution in [0.5, 0.6) is 11.6 Å². The van der Waals surface area contributed by atoms with Crippen molar-refractivity contribution in [2.45, 2.75) is 39.2 Å². The van der Waals surface area contributed by atoms with Crippen LogP contribution in [0.3, 0.4) is 0 Å². The van der Waals surface area contributed by atoms with Gasteiger partial charge in [0.1, 0.15) is 11.4 Å². The Hall–Kier alpha value is -4.20. The fourth-order valence-corrected chi connectivity index (χ4v) is 4.79. The molecule has 3 N–H and O–H groups in total. The number of aromatic amines is 1. The van der Waals surface area contributed by atoms with Crippen LogP contribution in [0.25, 0.3) is 11.0 Å². The van der Waals surface area contributed by atoms with Crippen LogP contribution < -0.4 is 10.1 Å². The number of anilines is 2. The minimum Gasteiger partial charge on any atom is -0.437 e. The summed E-state index contributed by atoms with van der Waals surface area (Å²) in [6, 6.07) is 28.6. The zero-order valence-electron chi connectivity index (χ0n) is 23.4. The summed E-state index contributed by atoms with van der Waals surface area (Å²) >= 11 is 0. The number of aliphatic hydroxyl groups excluding tert-OH is 1. The van der Waals surface area contributed by atoms with Crippen molar-refractivity contribution < 1.29 is 9.84 Å². The van der Waals surface area contributed by atoms with E-state index in [1.54, 1.807) is 6.20 Å². The lowest BCUT2D eigenvalue weighted by molar-refractivity contribution is 0.191. The molecule has 0 fully saturated rings. The largest absolute Gasteiger partial charge is 0.437 e. The number of fused-ring (bicyclic) bond motifs is 1. The van der Waals surface area contributed by atoms with Crippen molar-refractivity contribution in [1.29, 1.82) is 0 Å². The van der Waals surface area contributed by atoms with Crippen molar-refractivity contribution in [2.75, 3.05) is 25.0 Å². The molecule has 0 saturated heterocycles. The fraction of sp³-hybridized carbons (Fsp3) is 0.273. The lowest BCUT2D eigenvalue weighted by Crippen LogP contribution is -2.28. The van der Waals surface area contributed by atoms with Crippen LogP contribution in [0.15, 0.2) is 91.1 Å². The summed E-state index contributed by atoms with van der Waals surface area (Å²) in [7, 11) is 0. The molecule has 7 heteroatoms. The van der Waals surface area contributed by atoms with Crippen LogP contribution in [0.2, 0.25) is 0 Å². The number of nitrogens with one attached hydrogen (secondary N) is 2. The van der Waals surface area contributed by atoms with Gasteiger partial charge >= 0.3 is 0 Å². The van der Waals surface area contributed by atoms with Crippen LogP contribution in [0.4, 0.5) is 11.6 Å². The minimum absolute atomic E-state index is 0.0634. The number of imidazole rings is 1. The lowest BCUT2D eigenvalue weighted by atomic mass is 9.86. The van der Waals surface area contributed by atoms with Gasteiger partial charge in [0.2, 0.25) is 11.8 Å². The molecular weight excluding hydrogens is 498 g/mol. The van der Waals surface area contributed by atoms with Crippen LogP contribution >= 0.6 is 0 Å². The Balaban J connectivity index is 1.29. The third kappa shape index (κ3) is 6.86. The molecule has 0 saturated carbocycles. The lowest BCUT2D eigenvalue weighted by Gasteiger charge is -2.22. The van der Waals surface area contributed by atoms with Gasteiger partial charge in [-0.15, -0.1) is 0 Å². The van der Waals surface area contributed by atoms with Crippen molar-refractivity contribution in [2.24, 2.45) is 0 Å². The number of benzene rings is 3. The molecule has 0 radical (unpaired) electrons. The highest BCUT2D eigenvalue weighted by molar-refractivity contribution is 5.79. The second-order valence-electron chi connectivity index (χ2n) is 11.0. The summed E-state index contributed by atoms with van der Waals surface area (Å²) in [4.78, 5) is 14.9. The predicted octanol–water partition coefficient (Wildman–Crippen LogP) is 6.83. The Morgan fingerprint density at radius 2 is 1.70 bits per heavy atom. The summed E-state index contributed by atoms with van der Waals surface area (Å²) in [5.41, 5.74) is 6.08. The van der Waals surface area contributed by atoms with Gasteiger partial charge in [0.15, 0.2) is 0 Å². The molecule has 2 heterocycles. The zero-order chi connectivity index (χ0) is 28.0. The molecule has 0 aliphatic heterocycles. The molecule has 3 aromatic carbocycles. The molecule has 5 aromatic rings. The molecule has 0 atom stereocenters.